The quantitative estimate of drug-likeness (QED) is 0.292. The zero-order valence-electron chi connectivity index (χ0n) is 18.0. The number of benzene rings is 2. The minimum absolute atomic E-state index is 0.276. The molecule has 2 aromatic carbocycles. The summed E-state index contributed by atoms with van der Waals surface area (Å²) in [5.41, 5.74) is 2.90. The molecular weight excluding hydrogens is 497 g/mol. The molecule has 9 heteroatoms. The summed E-state index contributed by atoms with van der Waals surface area (Å²) in [6.07, 6.45) is 2.06. The third-order valence-electron chi connectivity index (χ3n) is 5.53. The van der Waals surface area contributed by atoms with Crippen LogP contribution in [0.25, 0.3) is 10.9 Å². The number of carbonyl (C=O) groups is 1. The lowest BCUT2D eigenvalue weighted by molar-refractivity contribution is -0.135. The molecule has 172 valence electrons. The van der Waals surface area contributed by atoms with Crippen LogP contribution in [-0.4, -0.2) is 28.2 Å². The van der Waals surface area contributed by atoms with Crippen LogP contribution in [0.15, 0.2) is 70.4 Å². The largest absolute Gasteiger partial charge is 0.480 e. The zero-order valence-corrected chi connectivity index (χ0v) is 20.2. The van der Waals surface area contributed by atoms with Crippen LogP contribution in [-0.2, 0) is 4.79 Å². The van der Waals surface area contributed by atoms with Crippen LogP contribution < -0.4 is 4.74 Å². The highest BCUT2D eigenvalue weighted by atomic mass is 35.5. The lowest BCUT2D eigenvalue weighted by atomic mass is 10.0. The molecule has 0 N–H and O–H groups in total. The average molecular weight is 515 g/mol. The number of ether oxygens (including phenoxy) is 1. The summed E-state index contributed by atoms with van der Waals surface area (Å²) in [5.74, 6) is 0.583. The maximum Gasteiger partial charge on any atom is 0.281 e. The SMILES string of the molecule is Cc1ccc2c(Cl)cc(Cl)c(OCC(=O)N3N=C(c4ccc(Cl)cc4)C[C@H]3c3ccco3)c2n1. The van der Waals surface area contributed by atoms with Crippen molar-refractivity contribution < 1.29 is 13.9 Å². The van der Waals surface area contributed by atoms with Gasteiger partial charge in [-0.05, 0) is 55.0 Å². The van der Waals surface area contributed by atoms with Crippen LogP contribution >= 0.6 is 34.8 Å². The Hall–Kier alpha value is -3.06. The fraction of sp³-hybridized carbons (Fsp3) is 0.160. The number of nitrogens with zero attached hydrogens (tertiary/aromatic N) is 3. The highest BCUT2D eigenvalue weighted by molar-refractivity contribution is 6.39. The van der Waals surface area contributed by atoms with Gasteiger partial charge in [0.25, 0.3) is 5.91 Å². The van der Waals surface area contributed by atoms with Gasteiger partial charge in [-0.15, -0.1) is 0 Å². The first-order chi connectivity index (χ1) is 16.4. The van der Waals surface area contributed by atoms with Gasteiger partial charge in [0.2, 0.25) is 0 Å². The summed E-state index contributed by atoms with van der Waals surface area (Å²) in [4.78, 5) is 17.8. The summed E-state index contributed by atoms with van der Waals surface area (Å²) >= 11 is 18.7. The number of aromatic nitrogens is 1. The number of carbonyl (C=O) groups excluding carboxylic acids is 1. The molecule has 3 heterocycles. The van der Waals surface area contributed by atoms with Gasteiger partial charge in [0, 0.05) is 22.5 Å². The number of amides is 1. The highest BCUT2D eigenvalue weighted by Gasteiger charge is 2.35. The van der Waals surface area contributed by atoms with Gasteiger partial charge in [0.1, 0.15) is 17.3 Å². The lowest BCUT2D eigenvalue weighted by Crippen LogP contribution is -2.31. The molecule has 0 saturated heterocycles. The molecule has 5 rings (SSSR count). The zero-order chi connectivity index (χ0) is 23.8. The number of fused-ring (bicyclic) bond motifs is 1. The number of aryl methyl sites for hydroxylation is 1. The Balaban J connectivity index is 1.44. The number of hydrogen-bond donors (Lipinski definition) is 0. The Morgan fingerprint density at radius 3 is 2.65 bits per heavy atom. The fourth-order valence-corrected chi connectivity index (χ4v) is 4.58. The molecule has 34 heavy (non-hydrogen) atoms. The first-order valence-corrected chi connectivity index (χ1v) is 11.6. The minimum atomic E-state index is -0.394. The van der Waals surface area contributed by atoms with E-state index in [2.05, 4.69) is 10.1 Å². The molecule has 1 aliphatic heterocycles. The van der Waals surface area contributed by atoms with Gasteiger partial charge in [-0.3, -0.25) is 4.79 Å². The third-order valence-corrected chi connectivity index (χ3v) is 6.38. The molecule has 4 aromatic rings. The van der Waals surface area contributed by atoms with E-state index in [1.165, 1.54) is 5.01 Å². The molecule has 1 atom stereocenters. The minimum Gasteiger partial charge on any atom is -0.480 e. The summed E-state index contributed by atoms with van der Waals surface area (Å²) in [6.45, 7) is 1.56. The normalized spacial score (nSPS) is 15.6. The molecule has 0 saturated carbocycles. The second kappa shape index (κ2) is 9.29. The van der Waals surface area contributed by atoms with Crippen molar-refractivity contribution in [3.8, 4) is 5.75 Å². The Kier molecular flexibility index (Phi) is 6.21. The van der Waals surface area contributed by atoms with Crippen LogP contribution in [0.2, 0.25) is 15.1 Å². The van der Waals surface area contributed by atoms with Crippen molar-refractivity contribution in [3.05, 3.63) is 92.9 Å². The van der Waals surface area contributed by atoms with Crippen molar-refractivity contribution in [1.82, 2.24) is 9.99 Å². The van der Waals surface area contributed by atoms with Gasteiger partial charge >= 0.3 is 0 Å². The fourth-order valence-electron chi connectivity index (χ4n) is 3.89. The van der Waals surface area contributed by atoms with Crippen molar-refractivity contribution in [2.75, 3.05) is 6.61 Å². The molecule has 2 aromatic heterocycles. The molecule has 6 nitrogen and oxygen atoms in total. The summed E-state index contributed by atoms with van der Waals surface area (Å²) in [6, 6.07) is 15.8. The molecule has 1 amide bonds. The van der Waals surface area contributed by atoms with E-state index in [0.29, 0.717) is 38.9 Å². The maximum atomic E-state index is 13.3. The van der Waals surface area contributed by atoms with Gasteiger partial charge in [-0.1, -0.05) is 46.9 Å². The predicted octanol–water partition coefficient (Wildman–Crippen LogP) is 6.85. The Bertz CT molecular complexity index is 1400. The van der Waals surface area contributed by atoms with Crippen molar-refractivity contribution in [2.45, 2.75) is 19.4 Å². The van der Waals surface area contributed by atoms with Gasteiger partial charge < -0.3 is 9.15 Å². The van der Waals surface area contributed by atoms with Crippen LogP contribution in [0.4, 0.5) is 0 Å². The highest BCUT2D eigenvalue weighted by Crippen LogP contribution is 2.38. The second-order valence-corrected chi connectivity index (χ2v) is 9.08. The number of halogens is 3. The smallest absolute Gasteiger partial charge is 0.281 e. The second-order valence-electron chi connectivity index (χ2n) is 7.83. The van der Waals surface area contributed by atoms with E-state index in [4.69, 9.17) is 44.0 Å². The molecule has 1 aliphatic rings. The van der Waals surface area contributed by atoms with Crippen LogP contribution in [0, 0.1) is 6.92 Å². The van der Waals surface area contributed by atoms with Gasteiger partial charge in [0.15, 0.2) is 12.4 Å². The van der Waals surface area contributed by atoms with Crippen LogP contribution in [0.5, 0.6) is 5.75 Å². The predicted molar refractivity (Wildman–Crippen MR) is 133 cm³/mol. The van der Waals surface area contributed by atoms with E-state index >= 15 is 0 Å². The topological polar surface area (TPSA) is 67.9 Å². The molecule has 0 bridgehead atoms. The average Bonchev–Trinajstić information content (AvgIpc) is 3.49. The summed E-state index contributed by atoms with van der Waals surface area (Å²) in [5, 5.41) is 8.05. The van der Waals surface area contributed by atoms with Crippen molar-refractivity contribution in [2.24, 2.45) is 5.10 Å². The molecular formula is C25H18Cl3N3O3. The monoisotopic (exact) mass is 513 g/mol. The van der Waals surface area contributed by atoms with Crippen LogP contribution in [0.3, 0.4) is 0 Å². The number of furan rings is 1. The van der Waals surface area contributed by atoms with Gasteiger partial charge in [-0.25, -0.2) is 9.99 Å². The van der Waals surface area contributed by atoms with Crippen molar-refractivity contribution in [3.63, 3.8) is 0 Å². The van der Waals surface area contributed by atoms with Crippen LogP contribution in [0.1, 0.15) is 29.5 Å². The van der Waals surface area contributed by atoms with E-state index in [0.717, 1.165) is 17.0 Å². The third kappa shape index (κ3) is 4.37. The molecule has 0 aliphatic carbocycles. The Morgan fingerprint density at radius 2 is 1.91 bits per heavy atom. The first-order valence-electron chi connectivity index (χ1n) is 10.5. The van der Waals surface area contributed by atoms with Crippen molar-refractivity contribution >= 4 is 57.3 Å². The number of rotatable bonds is 5. The summed E-state index contributed by atoms with van der Waals surface area (Å²) in [7, 11) is 0. The number of hydrogen-bond acceptors (Lipinski definition) is 5. The summed E-state index contributed by atoms with van der Waals surface area (Å²) < 4.78 is 11.5. The first kappa shape index (κ1) is 22.7. The van der Waals surface area contributed by atoms with E-state index in [9.17, 15) is 4.79 Å². The molecule has 0 radical (unpaired) electrons. The number of hydrazone groups is 1. The molecule has 0 unspecified atom stereocenters. The van der Waals surface area contributed by atoms with E-state index in [-0.39, 0.29) is 17.5 Å². The van der Waals surface area contributed by atoms with E-state index in [1.807, 2.05) is 37.3 Å². The van der Waals surface area contributed by atoms with E-state index in [1.54, 1.807) is 30.5 Å². The number of pyridine rings is 1. The lowest BCUT2D eigenvalue weighted by Gasteiger charge is -2.20. The standard InChI is InChI=1S/C25H18Cl3N3O3/c1-14-4-9-17-18(27)11-19(28)25(24(17)29-14)34-13-23(32)31-21(22-3-2-10-33-22)12-20(30-31)15-5-7-16(26)8-6-15/h2-11,21H,12-13H2,1H3/t21-/m0/s1. The van der Waals surface area contributed by atoms with Gasteiger partial charge in [0.05, 0.1) is 22.0 Å². The molecule has 0 spiro atoms. The van der Waals surface area contributed by atoms with E-state index < -0.39 is 6.04 Å². The van der Waals surface area contributed by atoms with Gasteiger partial charge in [-0.2, -0.15) is 5.10 Å². The Morgan fingerprint density at radius 1 is 1.12 bits per heavy atom. The molecule has 0 fully saturated rings. The van der Waals surface area contributed by atoms with Crippen molar-refractivity contribution in [1.29, 1.82) is 0 Å². The maximum absolute atomic E-state index is 13.3. The Labute approximate surface area is 210 Å².